The van der Waals surface area contributed by atoms with Gasteiger partial charge >= 0.3 is 0 Å². The van der Waals surface area contributed by atoms with E-state index in [9.17, 15) is 0 Å². The second kappa shape index (κ2) is 4.24. The molecule has 0 saturated heterocycles. The fourth-order valence-electron chi connectivity index (χ4n) is 3.67. The third kappa shape index (κ3) is 1.65. The highest BCUT2D eigenvalue weighted by molar-refractivity contribution is 5.79. The van der Waals surface area contributed by atoms with Crippen LogP contribution in [0, 0.1) is 0 Å². The van der Waals surface area contributed by atoms with Gasteiger partial charge in [-0.25, -0.2) is 0 Å². The number of hydrogen-bond acceptors (Lipinski definition) is 1. The average Bonchev–Trinajstić information content (AvgIpc) is 2.96. The molecule has 2 aliphatic carbocycles. The van der Waals surface area contributed by atoms with Crippen LogP contribution in [-0.4, -0.2) is 25.0 Å². The van der Waals surface area contributed by atoms with E-state index in [-0.39, 0.29) is 0 Å². The summed E-state index contributed by atoms with van der Waals surface area (Å²) in [6.45, 7) is 2.32. The summed E-state index contributed by atoms with van der Waals surface area (Å²) in [6, 6.07) is 9.56. The van der Waals surface area contributed by atoms with E-state index in [1.165, 1.54) is 36.8 Å². The number of benzene rings is 1. The maximum absolute atomic E-state index is 2.59. The van der Waals surface area contributed by atoms with E-state index in [0.717, 1.165) is 0 Å². The van der Waals surface area contributed by atoms with Gasteiger partial charge in [-0.05, 0) is 50.6 Å². The molecule has 0 heterocycles. The van der Waals surface area contributed by atoms with Crippen LogP contribution in [0.1, 0.15) is 43.7 Å². The summed E-state index contributed by atoms with van der Waals surface area (Å²) in [5, 5.41) is 0. The molecule has 0 bridgehead atoms. The van der Waals surface area contributed by atoms with E-state index in [1.54, 1.807) is 5.56 Å². The summed E-state index contributed by atoms with van der Waals surface area (Å²) in [5.74, 6) is 0. The molecule has 0 aliphatic heterocycles. The fourth-order valence-corrected chi connectivity index (χ4v) is 3.67. The standard InChI is InChI=1S/C17H23N/c1-13(18(2)3)15-12-17(10-6-7-11-17)16-9-5-4-8-14(15)16/h4-5,8-9,12-13H,6-7,10-11H2,1-3H3. The minimum atomic E-state index is 0.371. The van der Waals surface area contributed by atoms with Crippen molar-refractivity contribution in [2.45, 2.75) is 44.1 Å². The highest BCUT2D eigenvalue weighted by Crippen LogP contribution is 2.51. The maximum Gasteiger partial charge on any atom is 0.0317 e. The molecule has 18 heavy (non-hydrogen) atoms. The summed E-state index contributed by atoms with van der Waals surface area (Å²) in [5.41, 5.74) is 5.00. The number of allylic oxidation sites excluding steroid dienone is 1. The van der Waals surface area contributed by atoms with E-state index in [1.807, 2.05) is 0 Å². The molecule has 0 amide bonds. The van der Waals surface area contributed by atoms with Crippen LogP contribution in [0.5, 0.6) is 0 Å². The Bertz CT molecular complexity index is 478. The van der Waals surface area contributed by atoms with Crippen molar-refractivity contribution in [3.8, 4) is 0 Å². The number of hydrogen-bond donors (Lipinski definition) is 0. The molecule has 0 radical (unpaired) electrons. The van der Waals surface area contributed by atoms with Crippen molar-refractivity contribution < 1.29 is 0 Å². The predicted octanol–water partition coefficient (Wildman–Crippen LogP) is 3.85. The monoisotopic (exact) mass is 241 g/mol. The molecule has 1 nitrogen and oxygen atoms in total. The van der Waals surface area contributed by atoms with Crippen molar-refractivity contribution in [1.29, 1.82) is 0 Å². The lowest BCUT2D eigenvalue weighted by Gasteiger charge is -2.22. The van der Waals surface area contributed by atoms with Crippen molar-refractivity contribution in [3.05, 3.63) is 41.5 Å². The first-order valence-electron chi connectivity index (χ1n) is 7.13. The predicted molar refractivity (Wildman–Crippen MR) is 77.7 cm³/mol. The lowest BCUT2D eigenvalue weighted by Crippen LogP contribution is -2.25. The van der Waals surface area contributed by atoms with Crippen molar-refractivity contribution in [1.82, 2.24) is 4.90 Å². The zero-order valence-electron chi connectivity index (χ0n) is 11.7. The molecular weight excluding hydrogens is 218 g/mol. The Kier molecular flexibility index (Phi) is 2.82. The van der Waals surface area contributed by atoms with Gasteiger partial charge in [0.2, 0.25) is 0 Å². The first-order valence-corrected chi connectivity index (χ1v) is 7.13. The summed E-state index contributed by atoms with van der Waals surface area (Å²) in [4.78, 5) is 2.32. The Morgan fingerprint density at radius 2 is 1.78 bits per heavy atom. The zero-order chi connectivity index (χ0) is 12.8. The SMILES string of the molecule is CC(C1=CC2(CCCC2)c2ccccc21)N(C)C. The number of likely N-dealkylation sites (N-methyl/N-ethyl adjacent to an activating group) is 1. The molecule has 3 rings (SSSR count). The minimum absolute atomic E-state index is 0.371. The van der Waals surface area contributed by atoms with Gasteiger partial charge in [-0.15, -0.1) is 0 Å². The lowest BCUT2D eigenvalue weighted by atomic mass is 9.81. The Morgan fingerprint density at radius 3 is 2.44 bits per heavy atom. The fraction of sp³-hybridized carbons (Fsp3) is 0.529. The van der Waals surface area contributed by atoms with E-state index in [0.29, 0.717) is 11.5 Å². The minimum Gasteiger partial charge on any atom is -0.303 e. The highest BCUT2D eigenvalue weighted by atomic mass is 15.1. The average molecular weight is 241 g/mol. The van der Waals surface area contributed by atoms with E-state index < -0.39 is 0 Å². The van der Waals surface area contributed by atoms with Crippen molar-refractivity contribution in [2.75, 3.05) is 14.1 Å². The molecule has 1 saturated carbocycles. The molecule has 1 fully saturated rings. The van der Waals surface area contributed by atoms with Crippen LogP contribution in [0.25, 0.3) is 5.57 Å². The molecule has 1 aromatic rings. The van der Waals surface area contributed by atoms with E-state index in [4.69, 9.17) is 0 Å². The molecule has 0 aromatic heterocycles. The molecule has 1 heteroatoms. The van der Waals surface area contributed by atoms with Crippen molar-refractivity contribution >= 4 is 5.57 Å². The number of fused-ring (bicyclic) bond motifs is 2. The quantitative estimate of drug-likeness (QED) is 0.760. The Labute approximate surface area is 111 Å². The van der Waals surface area contributed by atoms with Crippen LogP contribution in [0.3, 0.4) is 0 Å². The highest BCUT2D eigenvalue weighted by Gasteiger charge is 2.41. The molecule has 0 N–H and O–H groups in total. The van der Waals surface area contributed by atoms with Crippen LogP contribution >= 0.6 is 0 Å². The molecule has 1 aromatic carbocycles. The van der Waals surface area contributed by atoms with Crippen molar-refractivity contribution in [3.63, 3.8) is 0 Å². The van der Waals surface area contributed by atoms with Gasteiger partial charge < -0.3 is 4.90 Å². The lowest BCUT2D eigenvalue weighted by molar-refractivity contribution is 0.372. The Balaban J connectivity index is 2.10. The van der Waals surface area contributed by atoms with Gasteiger partial charge in [-0.1, -0.05) is 43.2 Å². The first-order chi connectivity index (χ1) is 8.64. The molecule has 1 spiro atoms. The molecular formula is C17H23N. The molecule has 2 aliphatic rings. The van der Waals surface area contributed by atoms with Gasteiger partial charge in [0.1, 0.15) is 0 Å². The van der Waals surface area contributed by atoms with Crippen LogP contribution in [0.15, 0.2) is 30.3 Å². The molecule has 1 atom stereocenters. The van der Waals surface area contributed by atoms with Gasteiger partial charge in [0.25, 0.3) is 0 Å². The summed E-state index contributed by atoms with van der Waals surface area (Å²) in [7, 11) is 4.35. The zero-order valence-corrected chi connectivity index (χ0v) is 11.7. The third-order valence-corrected chi connectivity index (χ3v) is 4.93. The maximum atomic E-state index is 2.59. The van der Waals surface area contributed by atoms with Gasteiger partial charge in [-0.3, -0.25) is 0 Å². The van der Waals surface area contributed by atoms with Crippen LogP contribution in [0.4, 0.5) is 0 Å². The van der Waals surface area contributed by atoms with E-state index in [2.05, 4.69) is 56.3 Å². The van der Waals surface area contributed by atoms with Gasteiger partial charge in [0.05, 0.1) is 0 Å². The van der Waals surface area contributed by atoms with Crippen LogP contribution in [0.2, 0.25) is 0 Å². The smallest absolute Gasteiger partial charge is 0.0317 e. The third-order valence-electron chi connectivity index (χ3n) is 4.93. The van der Waals surface area contributed by atoms with E-state index >= 15 is 0 Å². The largest absolute Gasteiger partial charge is 0.303 e. The first kappa shape index (κ1) is 12.0. The molecule has 96 valence electrons. The summed E-state index contributed by atoms with van der Waals surface area (Å²) in [6.07, 6.45) is 8.04. The summed E-state index contributed by atoms with van der Waals surface area (Å²) >= 11 is 0. The second-order valence-corrected chi connectivity index (χ2v) is 6.15. The van der Waals surface area contributed by atoms with Crippen molar-refractivity contribution in [2.24, 2.45) is 0 Å². The van der Waals surface area contributed by atoms with Crippen LogP contribution < -0.4 is 0 Å². The van der Waals surface area contributed by atoms with Gasteiger partial charge in [0.15, 0.2) is 0 Å². The number of rotatable bonds is 2. The normalized spacial score (nSPS) is 22.3. The Morgan fingerprint density at radius 1 is 1.11 bits per heavy atom. The topological polar surface area (TPSA) is 3.24 Å². The number of nitrogens with zero attached hydrogens (tertiary/aromatic N) is 1. The second-order valence-electron chi connectivity index (χ2n) is 6.15. The summed E-state index contributed by atoms with van der Waals surface area (Å²) < 4.78 is 0. The molecule has 1 unspecified atom stereocenters. The van der Waals surface area contributed by atoms with Gasteiger partial charge in [0, 0.05) is 11.5 Å². The Hall–Kier alpha value is -1.08. The van der Waals surface area contributed by atoms with Crippen LogP contribution in [-0.2, 0) is 5.41 Å². The van der Waals surface area contributed by atoms with Gasteiger partial charge in [-0.2, -0.15) is 0 Å².